The Morgan fingerprint density at radius 3 is 2.39 bits per heavy atom. The Balaban J connectivity index is 1.52. The van der Waals surface area contributed by atoms with E-state index in [1.165, 1.54) is 30.4 Å². The first-order chi connectivity index (χ1) is 20.9. The van der Waals surface area contributed by atoms with E-state index in [0.29, 0.717) is 13.2 Å². The van der Waals surface area contributed by atoms with Crippen LogP contribution in [0, 0.1) is 22.7 Å². The fourth-order valence-corrected chi connectivity index (χ4v) is 6.07. The summed E-state index contributed by atoms with van der Waals surface area (Å²) in [5.74, 6) is 1.73. The molecule has 2 atom stereocenters. The number of carbonyl (C=O) groups excluding carboxylic acids is 1. The molecule has 44 heavy (non-hydrogen) atoms. The predicted octanol–water partition coefficient (Wildman–Crippen LogP) is 10.2. The zero-order chi connectivity index (χ0) is 32.3. The third-order valence-electron chi connectivity index (χ3n) is 9.00. The SMILES string of the molecule is CCCCCc1ccc(-c2cc3ccc(OCC(CO)CCCCOC(=O)C(C)(CC(C)(C)C)C(C)C)cc3o2)c(CC)c1. The molecule has 3 aromatic rings. The molecule has 0 bridgehead atoms. The van der Waals surface area contributed by atoms with Crippen molar-refractivity contribution in [2.75, 3.05) is 19.8 Å². The lowest BCUT2D eigenvalue weighted by Gasteiger charge is -2.36. The largest absolute Gasteiger partial charge is 0.493 e. The second-order valence-electron chi connectivity index (χ2n) is 14.4. The number of benzene rings is 2. The lowest BCUT2D eigenvalue weighted by molar-refractivity contribution is -0.160. The molecule has 1 heterocycles. The van der Waals surface area contributed by atoms with Crippen molar-refractivity contribution in [2.45, 2.75) is 113 Å². The minimum Gasteiger partial charge on any atom is -0.493 e. The smallest absolute Gasteiger partial charge is 0.312 e. The number of ether oxygens (including phenoxy) is 2. The molecule has 2 aromatic carbocycles. The molecular formula is C39H58O5. The van der Waals surface area contributed by atoms with E-state index in [1.807, 2.05) is 25.1 Å². The van der Waals surface area contributed by atoms with Crippen molar-refractivity contribution in [3.05, 3.63) is 53.6 Å². The molecule has 1 aromatic heterocycles. The summed E-state index contributed by atoms with van der Waals surface area (Å²) < 4.78 is 18.1. The van der Waals surface area contributed by atoms with Crippen LogP contribution in [0.4, 0.5) is 0 Å². The summed E-state index contributed by atoms with van der Waals surface area (Å²) in [5, 5.41) is 11.0. The molecule has 0 amide bonds. The van der Waals surface area contributed by atoms with Crippen LogP contribution in [0.5, 0.6) is 5.75 Å². The molecule has 0 radical (unpaired) electrons. The van der Waals surface area contributed by atoms with E-state index in [1.54, 1.807) is 0 Å². The summed E-state index contributed by atoms with van der Waals surface area (Å²) >= 11 is 0. The number of esters is 1. The number of aliphatic hydroxyl groups is 1. The monoisotopic (exact) mass is 606 g/mol. The van der Waals surface area contributed by atoms with Gasteiger partial charge in [-0.25, -0.2) is 0 Å². The van der Waals surface area contributed by atoms with Crippen molar-refractivity contribution in [1.29, 1.82) is 0 Å². The maximum atomic E-state index is 13.0. The summed E-state index contributed by atoms with van der Waals surface area (Å²) in [6, 6.07) is 14.8. The molecule has 5 heteroatoms. The second kappa shape index (κ2) is 16.5. The van der Waals surface area contributed by atoms with Gasteiger partial charge in [-0.1, -0.05) is 79.5 Å². The number of aryl methyl sites for hydroxylation is 2. The molecule has 5 nitrogen and oxygen atoms in total. The zero-order valence-electron chi connectivity index (χ0n) is 28.8. The van der Waals surface area contributed by atoms with E-state index >= 15 is 0 Å². The van der Waals surface area contributed by atoms with Gasteiger partial charge in [-0.3, -0.25) is 4.79 Å². The van der Waals surface area contributed by atoms with Crippen LogP contribution in [-0.2, 0) is 22.4 Å². The van der Waals surface area contributed by atoms with Crippen LogP contribution in [0.1, 0.15) is 111 Å². The fourth-order valence-electron chi connectivity index (χ4n) is 6.07. The quantitative estimate of drug-likeness (QED) is 0.115. The Labute approximate surface area is 266 Å². The first kappa shape index (κ1) is 35.7. The van der Waals surface area contributed by atoms with Crippen molar-refractivity contribution in [2.24, 2.45) is 22.7 Å². The first-order valence-corrected chi connectivity index (χ1v) is 17.0. The molecular weight excluding hydrogens is 548 g/mol. The van der Waals surface area contributed by atoms with E-state index in [-0.39, 0.29) is 29.8 Å². The fraction of sp³-hybridized carbons (Fsp3) is 0.615. The highest BCUT2D eigenvalue weighted by atomic mass is 16.5. The molecule has 0 saturated heterocycles. The topological polar surface area (TPSA) is 68.9 Å². The number of aliphatic hydroxyl groups excluding tert-OH is 1. The van der Waals surface area contributed by atoms with Crippen molar-refractivity contribution in [3.63, 3.8) is 0 Å². The van der Waals surface area contributed by atoms with Gasteiger partial charge in [-0.15, -0.1) is 0 Å². The van der Waals surface area contributed by atoms with Crippen LogP contribution >= 0.6 is 0 Å². The Bertz CT molecular complexity index is 1310. The number of unbranched alkanes of at least 4 members (excludes halogenated alkanes) is 3. The summed E-state index contributed by atoms with van der Waals surface area (Å²) in [6.45, 7) is 18.0. The predicted molar refractivity (Wildman–Crippen MR) is 182 cm³/mol. The molecule has 0 saturated carbocycles. The Hall–Kier alpha value is -2.79. The van der Waals surface area contributed by atoms with Crippen molar-refractivity contribution in [1.82, 2.24) is 0 Å². The average molecular weight is 607 g/mol. The minimum atomic E-state index is -0.494. The molecule has 0 aliphatic rings. The van der Waals surface area contributed by atoms with Gasteiger partial charge in [0, 0.05) is 29.5 Å². The van der Waals surface area contributed by atoms with Gasteiger partial charge in [0.15, 0.2) is 0 Å². The third kappa shape index (κ3) is 10.1. The van der Waals surface area contributed by atoms with Crippen molar-refractivity contribution in [3.8, 4) is 17.1 Å². The van der Waals surface area contributed by atoms with Crippen molar-refractivity contribution < 1.29 is 23.8 Å². The van der Waals surface area contributed by atoms with Crippen LogP contribution in [0.2, 0.25) is 0 Å². The molecule has 244 valence electrons. The highest BCUT2D eigenvalue weighted by Gasteiger charge is 2.41. The van der Waals surface area contributed by atoms with E-state index in [0.717, 1.165) is 66.6 Å². The minimum absolute atomic E-state index is 0.0123. The molecule has 2 unspecified atom stereocenters. The van der Waals surface area contributed by atoms with Gasteiger partial charge < -0.3 is 19.0 Å². The molecule has 1 N–H and O–H groups in total. The van der Waals surface area contributed by atoms with E-state index in [4.69, 9.17) is 13.9 Å². The highest BCUT2D eigenvalue weighted by Crippen LogP contribution is 2.40. The molecule has 0 spiro atoms. The maximum Gasteiger partial charge on any atom is 0.312 e. The van der Waals surface area contributed by atoms with Crippen LogP contribution in [-0.4, -0.2) is 30.9 Å². The van der Waals surface area contributed by atoms with Gasteiger partial charge in [0.2, 0.25) is 0 Å². The lowest BCUT2D eigenvalue weighted by atomic mass is 9.69. The third-order valence-corrected chi connectivity index (χ3v) is 9.00. The molecule has 0 aliphatic carbocycles. The first-order valence-electron chi connectivity index (χ1n) is 17.0. The van der Waals surface area contributed by atoms with Gasteiger partial charge in [0.1, 0.15) is 17.1 Å². The van der Waals surface area contributed by atoms with Gasteiger partial charge in [0.05, 0.1) is 18.6 Å². The van der Waals surface area contributed by atoms with Crippen LogP contribution < -0.4 is 4.74 Å². The second-order valence-corrected chi connectivity index (χ2v) is 14.4. The van der Waals surface area contributed by atoms with Crippen LogP contribution in [0.15, 0.2) is 46.9 Å². The van der Waals surface area contributed by atoms with Gasteiger partial charge in [0.25, 0.3) is 0 Å². The normalized spacial score (nSPS) is 14.1. The highest BCUT2D eigenvalue weighted by molar-refractivity contribution is 5.84. The Morgan fingerprint density at radius 1 is 0.955 bits per heavy atom. The number of rotatable bonds is 18. The number of furan rings is 1. The molecule has 3 rings (SSSR count). The van der Waals surface area contributed by atoms with E-state index in [9.17, 15) is 9.90 Å². The zero-order valence-corrected chi connectivity index (χ0v) is 28.8. The summed E-state index contributed by atoms with van der Waals surface area (Å²) in [6.07, 6.45) is 9.04. The average Bonchev–Trinajstić information content (AvgIpc) is 3.40. The van der Waals surface area contributed by atoms with Crippen LogP contribution in [0.25, 0.3) is 22.3 Å². The maximum absolute atomic E-state index is 13.0. The summed E-state index contributed by atoms with van der Waals surface area (Å²) in [5.41, 5.74) is 4.22. The van der Waals surface area contributed by atoms with E-state index in [2.05, 4.69) is 72.7 Å². The molecule has 0 aliphatic heterocycles. The number of hydrogen-bond acceptors (Lipinski definition) is 5. The van der Waals surface area contributed by atoms with Gasteiger partial charge in [-0.05, 0) is 92.5 Å². The summed E-state index contributed by atoms with van der Waals surface area (Å²) in [4.78, 5) is 13.0. The Kier molecular flexibility index (Phi) is 13.4. The number of carbonyl (C=O) groups is 1. The number of fused-ring (bicyclic) bond motifs is 1. The summed E-state index contributed by atoms with van der Waals surface area (Å²) in [7, 11) is 0. The lowest BCUT2D eigenvalue weighted by Crippen LogP contribution is -2.38. The standard InChI is InChI=1S/C39H58O5/c1-9-11-12-15-29-17-20-34(31(10-2)22-29)36-23-32-18-19-33(24-35(32)44-36)43-26-30(25-40)16-13-14-21-42-37(41)39(8,28(3)4)27-38(5,6)7/h17-20,22-24,28,30,40H,9-16,21,25-27H2,1-8H3. The Morgan fingerprint density at radius 2 is 1.73 bits per heavy atom. The van der Waals surface area contributed by atoms with Crippen molar-refractivity contribution >= 4 is 16.9 Å². The van der Waals surface area contributed by atoms with Gasteiger partial charge >= 0.3 is 5.97 Å². The van der Waals surface area contributed by atoms with E-state index < -0.39 is 5.41 Å². The van der Waals surface area contributed by atoms with Gasteiger partial charge in [-0.2, -0.15) is 0 Å². The number of hydrogen-bond donors (Lipinski definition) is 1. The molecule has 0 fully saturated rings. The van der Waals surface area contributed by atoms with Crippen LogP contribution in [0.3, 0.4) is 0 Å².